The first-order chi connectivity index (χ1) is 13.8. The lowest BCUT2D eigenvalue weighted by molar-refractivity contribution is -0.116. The molecule has 29 heavy (non-hydrogen) atoms. The van der Waals surface area contributed by atoms with E-state index < -0.39 is 9.84 Å². The van der Waals surface area contributed by atoms with Crippen molar-refractivity contribution >= 4 is 27.2 Å². The molecule has 0 atom stereocenters. The summed E-state index contributed by atoms with van der Waals surface area (Å²) in [7, 11) is -3.23. The van der Waals surface area contributed by atoms with Gasteiger partial charge in [0.1, 0.15) is 5.82 Å². The van der Waals surface area contributed by atoms with Crippen LogP contribution < -0.4 is 10.2 Å². The first kappa shape index (κ1) is 21.2. The van der Waals surface area contributed by atoms with Gasteiger partial charge in [0.15, 0.2) is 15.7 Å². The summed E-state index contributed by atoms with van der Waals surface area (Å²) in [5.41, 5.74) is 1.91. The van der Waals surface area contributed by atoms with E-state index in [1.807, 2.05) is 19.1 Å². The van der Waals surface area contributed by atoms with Gasteiger partial charge < -0.3 is 15.0 Å². The number of hydrogen-bond donors (Lipinski definition) is 1. The number of sulfone groups is 1. The predicted molar refractivity (Wildman–Crippen MR) is 113 cm³/mol. The molecule has 1 amide bonds. The van der Waals surface area contributed by atoms with Crippen LogP contribution in [0.4, 0.5) is 11.5 Å². The van der Waals surface area contributed by atoms with E-state index >= 15 is 0 Å². The third-order valence-corrected chi connectivity index (χ3v) is 5.23. The number of amides is 1. The number of nitrogens with zero attached hydrogens (tertiary/aromatic N) is 3. The van der Waals surface area contributed by atoms with Gasteiger partial charge in [0.2, 0.25) is 5.91 Å². The van der Waals surface area contributed by atoms with Gasteiger partial charge in [-0.05, 0) is 30.7 Å². The molecule has 156 valence electrons. The average Bonchev–Trinajstić information content (AvgIpc) is 2.68. The van der Waals surface area contributed by atoms with Gasteiger partial charge in [-0.15, -0.1) is 0 Å². The molecule has 8 nitrogen and oxygen atoms in total. The third-order valence-electron chi connectivity index (χ3n) is 4.41. The Kier molecular flexibility index (Phi) is 6.81. The quantitative estimate of drug-likeness (QED) is 0.736. The summed E-state index contributed by atoms with van der Waals surface area (Å²) >= 11 is 0. The van der Waals surface area contributed by atoms with Gasteiger partial charge in [-0.3, -0.25) is 4.79 Å². The van der Waals surface area contributed by atoms with Gasteiger partial charge in [0.05, 0.1) is 24.7 Å². The number of carbonyl (C=O) groups is 1. The summed E-state index contributed by atoms with van der Waals surface area (Å²) in [6.45, 7) is 4.55. The Morgan fingerprint density at radius 2 is 1.86 bits per heavy atom. The zero-order valence-electron chi connectivity index (χ0n) is 16.7. The van der Waals surface area contributed by atoms with Gasteiger partial charge in [-0.2, -0.15) is 0 Å². The van der Waals surface area contributed by atoms with Crippen LogP contribution in [0, 0.1) is 0 Å². The Bertz CT molecular complexity index is 955. The molecule has 0 aliphatic carbocycles. The highest BCUT2D eigenvalue weighted by atomic mass is 32.2. The summed E-state index contributed by atoms with van der Waals surface area (Å²) in [6, 6.07) is 8.97. The van der Waals surface area contributed by atoms with Crippen LogP contribution in [0.2, 0.25) is 0 Å². The van der Waals surface area contributed by atoms with Crippen molar-refractivity contribution in [3.8, 4) is 11.4 Å². The van der Waals surface area contributed by atoms with Gasteiger partial charge in [-0.1, -0.05) is 6.92 Å². The molecule has 2 heterocycles. The summed E-state index contributed by atoms with van der Waals surface area (Å²) in [6.07, 6.45) is 2.45. The van der Waals surface area contributed by atoms with Gasteiger partial charge in [-0.25, -0.2) is 18.4 Å². The largest absolute Gasteiger partial charge is 0.378 e. The molecule has 1 saturated heterocycles. The second-order valence-electron chi connectivity index (χ2n) is 7.09. The first-order valence-corrected chi connectivity index (χ1v) is 11.7. The number of hydrogen-bond acceptors (Lipinski definition) is 7. The molecule has 1 fully saturated rings. The lowest BCUT2D eigenvalue weighted by atomic mass is 10.2. The maximum Gasteiger partial charge on any atom is 0.224 e. The highest BCUT2D eigenvalue weighted by molar-refractivity contribution is 7.89. The van der Waals surface area contributed by atoms with Crippen molar-refractivity contribution in [3.05, 3.63) is 36.0 Å². The lowest BCUT2D eigenvalue weighted by Gasteiger charge is -2.28. The van der Waals surface area contributed by atoms with E-state index in [4.69, 9.17) is 4.74 Å². The molecule has 0 saturated carbocycles. The van der Waals surface area contributed by atoms with E-state index in [1.54, 1.807) is 18.2 Å². The van der Waals surface area contributed by atoms with Crippen molar-refractivity contribution in [1.29, 1.82) is 0 Å². The van der Waals surface area contributed by atoms with E-state index in [-0.39, 0.29) is 11.7 Å². The topological polar surface area (TPSA) is 101 Å². The fourth-order valence-corrected chi connectivity index (χ4v) is 3.75. The number of ether oxygens (including phenoxy) is 1. The molecule has 0 unspecified atom stereocenters. The van der Waals surface area contributed by atoms with Crippen LogP contribution in [0.5, 0.6) is 0 Å². The Balaban J connectivity index is 1.90. The van der Waals surface area contributed by atoms with Crippen molar-refractivity contribution in [1.82, 2.24) is 9.97 Å². The van der Waals surface area contributed by atoms with Crippen LogP contribution in [0.25, 0.3) is 11.4 Å². The second kappa shape index (κ2) is 9.32. The van der Waals surface area contributed by atoms with Crippen molar-refractivity contribution in [2.75, 3.05) is 42.8 Å². The van der Waals surface area contributed by atoms with E-state index in [0.29, 0.717) is 55.7 Å². The third kappa shape index (κ3) is 6.23. The van der Waals surface area contributed by atoms with Crippen molar-refractivity contribution in [3.63, 3.8) is 0 Å². The van der Waals surface area contributed by atoms with E-state index in [9.17, 15) is 13.2 Å². The maximum absolute atomic E-state index is 11.8. The number of carbonyl (C=O) groups excluding carboxylic acids is 1. The predicted octanol–water partition coefficient (Wildman–Crippen LogP) is 2.26. The first-order valence-electron chi connectivity index (χ1n) is 9.63. The number of morpholine rings is 1. The van der Waals surface area contributed by atoms with Gasteiger partial charge in [0.25, 0.3) is 0 Å². The Morgan fingerprint density at radius 3 is 2.48 bits per heavy atom. The molecule has 0 radical (unpaired) electrons. The summed E-state index contributed by atoms with van der Waals surface area (Å²) < 4.78 is 29.0. The highest BCUT2D eigenvalue weighted by Gasteiger charge is 2.17. The normalized spacial score (nSPS) is 14.6. The SMILES string of the molecule is CCCC(=O)Nc1ccc(-c2nc(CS(C)(=O)=O)cc(N3CCOCC3)n2)cc1. The average molecular weight is 419 g/mol. The Hall–Kier alpha value is -2.52. The molecule has 0 spiro atoms. The minimum Gasteiger partial charge on any atom is -0.378 e. The molecule has 3 rings (SSSR count). The molecule has 1 aromatic heterocycles. The van der Waals surface area contributed by atoms with Crippen LogP contribution in [0.1, 0.15) is 25.5 Å². The van der Waals surface area contributed by atoms with Crippen LogP contribution in [0.15, 0.2) is 30.3 Å². The van der Waals surface area contributed by atoms with Crippen LogP contribution in [-0.4, -0.2) is 56.9 Å². The second-order valence-corrected chi connectivity index (χ2v) is 9.23. The molecular formula is C20H26N4O4S. The molecule has 1 aromatic carbocycles. The van der Waals surface area contributed by atoms with Crippen molar-refractivity contribution in [2.24, 2.45) is 0 Å². The fraction of sp³-hybridized carbons (Fsp3) is 0.450. The van der Waals surface area contributed by atoms with E-state index in [2.05, 4.69) is 20.2 Å². The number of nitrogens with one attached hydrogen (secondary N) is 1. The maximum atomic E-state index is 11.8. The number of benzene rings is 1. The zero-order chi connectivity index (χ0) is 20.9. The zero-order valence-corrected chi connectivity index (χ0v) is 17.5. The molecular weight excluding hydrogens is 392 g/mol. The standard InChI is InChI=1S/C20H26N4O4S/c1-3-4-19(25)21-16-7-5-15(6-8-16)20-22-17(14-29(2,26)27)13-18(23-20)24-9-11-28-12-10-24/h5-8,13H,3-4,9-12,14H2,1-2H3,(H,21,25). The molecule has 2 aromatic rings. The van der Waals surface area contributed by atoms with Crippen molar-refractivity contribution in [2.45, 2.75) is 25.5 Å². The summed E-state index contributed by atoms with van der Waals surface area (Å²) in [5, 5.41) is 2.85. The number of aromatic nitrogens is 2. The van der Waals surface area contributed by atoms with Gasteiger partial charge in [0, 0.05) is 43.1 Å². The molecule has 1 aliphatic rings. The molecule has 0 bridgehead atoms. The Morgan fingerprint density at radius 1 is 1.17 bits per heavy atom. The summed E-state index contributed by atoms with van der Waals surface area (Å²) in [4.78, 5) is 22.9. The van der Waals surface area contributed by atoms with E-state index in [0.717, 1.165) is 12.0 Å². The highest BCUT2D eigenvalue weighted by Crippen LogP contribution is 2.23. The Labute approximate surface area is 171 Å². The van der Waals surface area contributed by atoms with Crippen LogP contribution >= 0.6 is 0 Å². The number of anilines is 2. The van der Waals surface area contributed by atoms with Crippen LogP contribution in [-0.2, 0) is 25.1 Å². The van der Waals surface area contributed by atoms with Crippen LogP contribution in [0.3, 0.4) is 0 Å². The fourth-order valence-electron chi connectivity index (χ4n) is 3.06. The molecule has 9 heteroatoms. The minimum atomic E-state index is -3.23. The van der Waals surface area contributed by atoms with E-state index in [1.165, 1.54) is 6.26 Å². The summed E-state index contributed by atoms with van der Waals surface area (Å²) in [5.74, 6) is 0.975. The number of rotatable bonds is 7. The van der Waals surface area contributed by atoms with Gasteiger partial charge >= 0.3 is 0 Å². The minimum absolute atomic E-state index is 0.0266. The molecule has 1 aliphatic heterocycles. The smallest absolute Gasteiger partial charge is 0.224 e. The monoisotopic (exact) mass is 418 g/mol. The van der Waals surface area contributed by atoms with Crippen molar-refractivity contribution < 1.29 is 17.9 Å². The lowest BCUT2D eigenvalue weighted by Crippen LogP contribution is -2.37. The molecule has 1 N–H and O–H groups in total.